The molecule has 2 aromatic carbocycles. The molecule has 1 heterocycles. The second-order valence-corrected chi connectivity index (χ2v) is 4.98. The Morgan fingerprint density at radius 2 is 1.71 bits per heavy atom. The molecule has 0 spiro atoms. The zero-order chi connectivity index (χ0) is 14.5. The van der Waals surface area contributed by atoms with Gasteiger partial charge in [0.1, 0.15) is 6.61 Å². The van der Waals surface area contributed by atoms with E-state index in [0.29, 0.717) is 13.2 Å². The van der Waals surface area contributed by atoms with Crippen molar-refractivity contribution < 1.29 is 9.53 Å². The number of hydrogen-bond acceptors (Lipinski definition) is 2. The van der Waals surface area contributed by atoms with Gasteiger partial charge in [0.2, 0.25) is 0 Å². The van der Waals surface area contributed by atoms with Crippen molar-refractivity contribution in [3.8, 4) is 0 Å². The molecule has 0 bridgehead atoms. The number of ether oxygens (including phenoxy) is 1. The minimum absolute atomic E-state index is 0.0329. The maximum atomic E-state index is 12.3. The maximum Gasteiger partial charge on any atom is 0.411 e. The summed E-state index contributed by atoms with van der Waals surface area (Å²) in [5, 5.41) is 0. The lowest BCUT2D eigenvalue weighted by atomic mass is 10.1. The minimum Gasteiger partial charge on any atom is -0.445 e. The Morgan fingerprint density at radius 3 is 2.43 bits per heavy atom. The maximum absolute atomic E-state index is 12.3. The van der Waals surface area contributed by atoms with Gasteiger partial charge in [-0.2, -0.15) is 0 Å². The Balaban J connectivity index is 1.64. The molecule has 3 nitrogen and oxygen atoms in total. The third-order valence-corrected chi connectivity index (χ3v) is 3.54. The summed E-state index contributed by atoms with van der Waals surface area (Å²) in [6, 6.07) is 19.7. The van der Waals surface area contributed by atoms with Crippen LogP contribution < -0.4 is 0 Å². The van der Waals surface area contributed by atoms with Gasteiger partial charge in [-0.3, -0.25) is 4.90 Å². The van der Waals surface area contributed by atoms with Crippen molar-refractivity contribution in [3.05, 3.63) is 83.9 Å². The van der Waals surface area contributed by atoms with E-state index in [4.69, 9.17) is 4.74 Å². The van der Waals surface area contributed by atoms with Crippen LogP contribution in [0.4, 0.5) is 4.79 Å². The summed E-state index contributed by atoms with van der Waals surface area (Å²) in [6.45, 7) is 0.894. The lowest BCUT2D eigenvalue weighted by Gasteiger charge is -2.24. The molecule has 0 aliphatic carbocycles. The standard InChI is InChI=1S/C18H17NO2/c20-18(21-14-15-8-3-1-4-9-15)19-13-7-12-17(19)16-10-5-2-6-11-16/h1-12,17H,13-14H2. The van der Waals surface area contributed by atoms with Crippen molar-refractivity contribution in [2.75, 3.05) is 6.54 Å². The molecule has 0 saturated carbocycles. The summed E-state index contributed by atoms with van der Waals surface area (Å²) in [5.74, 6) is 0. The van der Waals surface area contributed by atoms with Gasteiger partial charge >= 0.3 is 6.09 Å². The third kappa shape index (κ3) is 3.14. The Bertz CT molecular complexity index is 622. The fourth-order valence-electron chi connectivity index (χ4n) is 2.45. The van der Waals surface area contributed by atoms with Gasteiger partial charge in [0.15, 0.2) is 0 Å². The van der Waals surface area contributed by atoms with Crippen LogP contribution in [0.3, 0.4) is 0 Å². The number of amides is 1. The highest BCUT2D eigenvalue weighted by molar-refractivity contribution is 5.69. The fraction of sp³-hybridized carbons (Fsp3) is 0.167. The predicted molar refractivity (Wildman–Crippen MR) is 81.7 cm³/mol. The summed E-state index contributed by atoms with van der Waals surface area (Å²) in [5.41, 5.74) is 2.09. The summed E-state index contributed by atoms with van der Waals surface area (Å²) < 4.78 is 5.41. The average molecular weight is 279 g/mol. The van der Waals surface area contributed by atoms with Gasteiger partial charge in [0.25, 0.3) is 0 Å². The van der Waals surface area contributed by atoms with E-state index in [1.54, 1.807) is 4.90 Å². The van der Waals surface area contributed by atoms with Crippen molar-refractivity contribution in [2.45, 2.75) is 12.6 Å². The first-order valence-electron chi connectivity index (χ1n) is 7.03. The first-order chi connectivity index (χ1) is 10.3. The molecular weight excluding hydrogens is 262 g/mol. The number of carbonyl (C=O) groups is 1. The SMILES string of the molecule is O=C(OCc1ccccc1)N1CC=CC1c1ccccc1. The van der Waals surface area contributed by atoms with Gasteiger partial charge in [0, 0.05) is 6.54 Å². The summed E-state index contributed by atoms with van der Waals surface area (Å²) in [4.78, 5) is 14.0. The van der Waals surface area contributed by atoms with Gasteiger partial charge in [-0.25, -0.2) is 4.79 Å². The highest BCUT2D eigenvalue weighted by atomic mass is 16.6. The van der Waals surface area contributed by atoms with E-state index in [2.05, 4.69) is 0 Å². The molecule has 0 saturated heterocycles. The molecule has 2 aromatic rings. The van der Waals surface area contributed by atoms with Gasteiger partial charge in [0.05, 0.1) is 6.04 Å². The molecule has 0 fully saturated rings. The number of nitrogens with zero attached hydrogens (tertiary/aromatic N) is 1. The Morgan fingerprint density at radius 1 is 1.05 bits per heavy atom. The molecule has 1 atom stereocenters. The fourth-order valence-corrected chi connectivity index (χ4v) is 2.45. The van der Waals surface area contributed by atoms with E-state index in [1.807, 2.05) is 72.8 Å². The molecule has 1 unspecified atom stereocenters. The van der Waals surface area contributed by atoms with Gasteiger partial charge in [-0.1, -0.05) is 72.8 Å². The third-order valence-electron chi connectivity index (χ3n) is 3.54. The molecule has 106 valence electrons. The predicted octanol–water partition coefficient (Wildman–Crippen LogP) is 3.94. The molecule has 0 aromatic heterocycles. The zero-order valence-corrected chi connectivity index (χ0v) is 11.7. The van der Waals surface area contributed by atoms with Crippen LogP contribution in [0.2, 0.25) is 0 Å². The van der Waals surface area contributed by atoms with Crippen molar-refractivity contribution in [2.24, 2.45) is 0 Å². The Kier molecular flexibility index (Phi) is 4.01. The van der Waals surface area contributed by atoms with Crippen molar-refractivity contribution in [3.63, 3.8) is 0 Å². The van der Waals surface area contributed by atoms with Gasteiger partial charge < -0.3 is 4.74 Å². The van der Waals surface area contributed by atoms with Crippen molar-refractivity contribution in [1.29, 1.82) is 0 Å². The van der Waals surface area contributed by atoms with E-state index in [9.17, 15) is 4.79 Å². The zero-order valence-electron chi connectivity index (χ0n) is 11.7. The first-order valence-corrected chi connectivity index (χ1v) is 7.03. The molecule has 1 amide bonds. The molecule has 3 heteroatoms. The van der Waals surface area contributed by atoms with Gasteiger partial charge in [-0.05, 0) is 11.1 Å². The summed E-state index contributed by atoms with van der Waals surface area (Å²) in [6.07, 6.45) is 3.76. The van der Waals surface area contributed by atoms with Gasteiger partial charge in [-0.15, -0.1) is 0 Å². The van der Waals surface area contributed by atoms with Crippen LogP contribution in [-0.4, -0.2) is 17.5 Å². The first kappa shape index (κ1) is 13.4. The van der Waals surface area contributed by atoms with Crippen LogP contribution in [0, 0.1) is 0 Å². The molecule has 1 aliphatic rings. The average Bonchev–Trinajstić information content (AvgIpc) is 3.04. The largest absolute Gasteiger partial charge is 0.445 e. The normalized spacial score (nSPS) is 17.0. The number of rotatable bonds is 3. The molecule has 3 rings (SSSR count). The van der Waals surface area contributed by atoms with E-state index < -0.39 is 0 Å². The molecular formula is C18H17NO2. The number of benzene rings is 2. The summed E-state index contributed by atoms with van der Waals surface area (Å²) in [7, 11) is 0. The quantitative estimate of drug-likeness (QED) is 0.796. The minimum atomic E-state index is -0.280. The van der Waals surface area contributed by atoms with Crippen LogP contribution in [0.25, 0.3) is 0 Å². The topological polar surface area (TPSA) is 29.5 Å². The van der Waals surface area contributed by atoms with E-state index in [0.717, 1.165) is 11.1 Å². The van der Waals surface area contributed by atoms with Crippen LogP contribution >= 0.6 is 0 Å². The highest BCUT2D eigenvalue weighted by Crippen LogP contribution is 2.27. The smallest absolute Gasteiger partial charge is 0.411 e. The van der Waals surface area contributed by atoms with E-state index in [-0.39, 0.29) is 12.1 Å². The number of hydrogen-bond donors (Lipinski definition) is 0. The molecule has 21 heavy (non-hydrogen) atoms. The Hall–Kier alpha value is -2.55. The monoisotopic (exact) mass is 279 g/mol. The van der Waals surface area contributed by atoms with Crippen LogP contribution in [0.5, 0.6) is 0 Å². The van der Waals surface area contributed by atoms with Crippen LogP contribution in [-0.2, 0) is 11.3 Å². The second kappa shape index (κ2) is 6.27. The Labute approximate surface area is 124 Å². The van der Waals surface area contributed by atoms with Crippen molar-refractivity contribution in [1.82, 2.24) is 4.90 Å². The molecule has 1 aliphatic heterocycles. The van der Waals surface area contributed by atoms with Crippen LogP contribution in [0.1, 0.15) is 17.2 Å². The number of carbonyl (C=O) groups excluding carboxylic acids is 1. The lowest BCUT2D eigenvalue weighted by Crippen LogP contribution is -2.31. The van der Waals surface area contributed by atoms with Crippen LogP contribution in [0.15, 0.2) is 72.8 Å². The van der Waals surface area contributed by atoms with E-state index >= 15 is 0 Å². The molecule has 0 N–H and O–H groups in total. The highest BCUT2D eigenvalue weighted by Gasteiger charge is 2.27. The van der Waals surface area contributed by atoms with E-state index in [1.165, 1.54) is 0 Å². The lowest BCUT2D eigenvalue weighted by molar-refractivity contribution is 0.0949. The van der Waals surface area contributed by atoms with Crippen molar-refractivity contribution >= 4 is 6.09 Å². The molecule has 0 radical (unpaired) electrons. The second-order valence-electron chi connectivity index (χ2n) is 4.98. The summed E-state index contributed by atoms with van der Waals surface area (Å²) >= 11 is 0.